The highest BCUT2D eigenvalue weighted by molar-refractivity contribution is 6.31. The fraction of sp³-hybridized carbons (Fsp3) is 0.278. The summed E-state index contributed by atoms with van der Waals surface area (Å²) >= 11 is 5.98. The molecule has 0 radical (unpaired) electrons. The van der Waals surface area contributed by atoms with Crippen LogP contribution in [-0.4, -0.2) is 13.0 Å². The summed E-state index contributed by atoms with van der Waals surface area (Å²) in [5, 5.41) is 3.51. The number of benzene rings is 2. The highest BCUT2D eigenvalue weighted by Gasteiger charge is 2.17. The first-order valence-electron chi connectivity index (χ1n) is 7.14. The fourth-order valence-corrected chi connectivity index (χ4v) is 2.61. The van der Waals surface area contributed by atoms with Gasteiger partial charge in [0.2, 0.25) is 0 Å². The Kier molecular flexibility index (Phi) is 5.09. The predicted octanol–water partition coefficient (Wildman–Crippen LogP) is 4.46. The van der Waals surface area contributed by atoms with Crippen molar-refractivity contribution in [2.75, 3.05) is 7.11 Å². The number of halogens is 1. The zero-order valence-corrected chi connectivity index (χ0v) is 14.0. The SMILES string of the molecule is COc1ccc(Cl)cc1C(=O)N[C@@H](C)c1cc(C)ccc1C. The normalized spacial score (nSPS) is 11.9. The molecule has 1 N–H and O–H groups in total. The van der Waals surface area contributed by atoms with Gasteiger partial charge in [-0.05, 0) is 50.1 Å². The van der Waals surface area contributed by atoms with Crippen molar-refractivity contribution in [1.29, 1.82) is 0 Å². The van der Waals surface area contributed by atoms with Crippen molar-refractivity contribution in [1.82, 2.24) is 5.32 Å². The van der Waals surface area contributed by atoms with E-state index in [1.54, 1.807) is 18.2 Å². The lowest BCUT2D eigenvalue weighted by molar-refractivity contribution is 0.0936. The van der Waals surface area contributed by atoms with E-state index < -0.39 is 0 Å². The first kappa shape index (κ1) is 16.4. The number of carbonyl (C=O) groups is 1. The third kappa shape index (κ3) is 3.60. The molecule has 1 amide bonds. The van der Waals surface area contributed by atoms with Gasteiger partial charge in [0, 0.05) is 5.02 Å². The molecule has 0 saturated carbocycles. The lowest BCUT2D eigenvalue weighted by Crippen LogP contribution is -2.27. The van der Waals surface area contributed by atoms with E-state index in [2.05, 4.69) is 23.5 Å². The van der Waals surface area contributed by atoms with Crippen molar-refractivity contribution < 1.29 is 9.53 Å². The molecule has 0 bridgehead atoms. The average Bonchev–Trinajstić information content (AvgIpc) is 2.49. The van der Waals surface area contributed by atoms with Gasteiger partial charge in [-0.1, -0.05) is 35.4 Å². The van der Waals surface area contributed by atoms with Gasteiger partial charge in [-0.3, -0.25) is 4.79 Å². The quantitative estimate of drug-likeness (QED) is 0.904. The molecule has 0 spiro atoms. The van der Waals surface area contributed by atoms with Gasteiger partial charge in [-0.2, -0.15) is 0 Å². The molecule has 116 valence electrons. The molecule has 22 heavy (non-hydrogen) atoms. The Labute approximate surface area is 136 Å². The Hall–Kier alpha value is -2.00. The molecule has 0 fully saturated rings. The Balaban J connectivity index is 2.25. The zero-order chi connectivity index (χ0) is 16.3. The summed E-state index contributed by atoms with van der Waals surface area (Å²) in [6, 6.07) is 11.1. The maximum atomic E-state index is 12.5. The first-order chi connectivity index (χ1) is 10.4. The Morgan fingerprint density at radius 3 is 2.59 bits per heavy atom. The van der Waals surface area contributed by atoms with Crippen molar-refractivity contribution >= 4 is 17.5 Å². The second-order valence-corrected chi connectivity index (χ2v) is 5.84. The van der Waals surface area contributed by atoms with E-state index >= 15 is 0 Å². The minimum atomic E-state index is -0.201. The molecule has 0 aliphatic rings. The molecule has 4 heteroatoms. The van der Waals surface area contributed by atoms with Crippen LogP contribution in [0.3, 0.4) is 0 Å². The van der Waals surface area contributed by atoms with Gasteiger partial charge >= 0.3 is 0 Å². The predicted molar refractivity (Wildman–Crippen MR) is 89.8 cm³/mol. The van der Waals surface area contributed by atoms with Gasteiger partial charge in [0.1, 0.15) is 5.75 Å². The topological polar surface area (TPSA) is 38.3 Å². The third-order valence-electron chi connectivity index (χ3n) is 3.65. The van der Waals surface area contributed by atoms with Crippen LogP contribution in [0.1, 0.15) is 40.0 Å². The van der Waals surface area contributed by atoms with Crippen LogP contribution < -0.4 is 10.1 Å². The molecule has 2 aromatic rings. The minimum Gasteiger partial charge on any atom is -0.496 e. The van der Waals surface area contributed by atoms with Crippen molar-refractivity contribution in [3.8, 4) is 5.75 Å². The van der Waals surface area contributed by atoms with E-state index in [4.69, 9.17) is 16.3 Å². The lowest BCUT2D eigenvalue weighted by Gasteiger charge is -2.18. The lowest BCUT2D eigenvalue weighted by atomic mass is 9.99. The molecule has 2 aromatic carbocycles. The van der Waals surface area contributed by atoms with Crippen molar-refractivity contribution in [3.63, 3.8) is 0 Å². The largest absolute Gasteiger partial charge is 0.496 e. The van der Waals surface area contributed by atoms with Gasteiger partial charge in [0.15, 0.2) is 0 Å². The van der Waals surface area contributed by atoms with Gasteiger partial charge in [0.25, 0.3) is 5.91 Å². The van der Waals surface area contributed by atoms with Gasteiger partial charge in [-0.15, -0.1) is 0 Å². The van der Waals surface area contributed by atoms with Crippen molar-refractivity contribution in [3.05, 3.63) is 63.7 Å². The summed E-state index contributed by atoms with van der Waals surface area (Å²) in [7, 11) is 1.54. The highest BCUT2D eigenvalue weighted by atomic mass is 35.5. The Morgan fingerprint density at radius 1 is 1.18 bits per heavy atom. The van der Waals surface area contributed by atoms with Gasteiger partial charge < -0.3 is 10.1 Å². The highest BCUT2D eigenvalue weighted by Crippen LogP contribution is 2.24. The van der Waals surface area contributed by atoms with E-state index in [-0.39, 0.29) is 11.9 Å². The van der Waals surface area contributed by atoms with E-state index in [0.29, 0.717) is 16.3 Å². The molecule has 0 saturated heterocycles. The molecule has 0 aliphatic carbocycles. The Bertz CT molecular complexity index is 697. The van der Waals surface area contributed by atoms with Gasteiger partial charge in [-0.25, -0.2) is 0 Å². The minimum absolute atomic E-state index is 0.101. The standard InChI is InChI=1S/C18H20ClNO2/c1-11-5-6-12(2)15(9-11)13(3)20-18(21)16-10-14(19)7-8-17(16)22-4/h5-10,13H,1-4H3,(H,20,21)/t13-/m0/s1. The van der Waals surface area contributed by atoms with Crippen LogP contribution in [0.15, 0.2) is 36.4 Å². The molecule has 1 atom stereocenters. The van der Waals surface area contributed by atoms with Crippen LogP contribution in [-0.2, 0) is 0 Å². The van der Waals surface area contributed by atoms with Crippen molar-refractivity contribution in [2.24, 2.45) is 0 Å². The van der Waals surface area contributed by atoms with Crippen molar-refractivity contribution in [2.45, 2.75) is 26.8 Å². The molecular formula is C18H20ClNO2. The first-order valence-corrected chi connectivity index (χ1v) is 7.51. The number of ether oxygens (including phenoxy) is 1. The smallest absolute Gasteiger partial charge is 0.255 e. The monoisotopic (exact) mass is 317 g/mol. The number of carbonyl (C=O) groups excluding carboxylic acids is 1. The Morgan fingerprint density at radius 2 is 1.91 bits per heavy atom. The van der Waals surface area contributed by atoms with Crippen LogP contribution in [0.5, 0.6) is 5.75 Å². The number of methoxy groups -OCH3 is 1. The van der Waals surface area contributed by atoms with Gasteiger partial charge in [0.05, 0.1) is 18.7 Å². The molecule has 0 aromatic heterocycles. The van der Waals surface area contributed by atoms with Crippen LogP contribution in [0.25, 0.3) is 0 Å². The van der Waals surface area contributed by atoms with Crippen LogP contribution in [0, 0.1) is 13.8 Å². The number of nitrogens with one attached hydrogen (secondary N) is 1. The maximum absolute atomic E-state index is 12.5. The second kappa shape index (κ2) is 6.84. The van der Waals surface area contributed by atoms with Crippen LogP contribution >= 0.6 is 11.6 Å². The summed E-state index contributed by atoms with van der Waals surface area (Å²) in [6.07, 6.45) is 0. The average molecular weight is 318 g/mol. The number of hydrogen-bond acceptors (Lipinski definition) is 2. The van der Waals surface area contributed by atoms with E-state index in [1.807, 2.05) is 20.8 Å². The fourth-order valence-electron chi connectivity index (χ4n) is 2.44. The molecule has 3 nitrogen and oxygen atoms in total. The van der Waals surface area contributed by atoms with E-state index in [9.17, 15) is 4.79 Å². The summed E-state index contributed by atoms with van der Waals surface area (Å²) in [5.74, 6) is 0.308. The molecule has 0 unspecified atom stereocenters. The van der Waals surface area contributed by atoms with Crippen LogP contribution in [0.2, 0.25) is 5.02 Å². The molecule has 2 rings (SSSR count). The summed E-state index contributed by atoms with van der Waals surface area (Å²) in [4.78, 5) is 12.5. The molecule has 0 heterocycles. The number of hydrogen-bond donors (Lipinski definition) is 1. The summed E-state index contributed by atoms with van der Waals surface area (Å²) in [5.41, 5.74) is 3.86. The summed E-state index contributed by atoms with van der Waals surface area (Å²) in [6.45, 7) is 6.05. The number of rotatable bonds is 4. The second-order valence-electron chi connectivity index (χ2n) is 5.40. The number of aryl methyl sites for hydroxylation is 2. The maximum Gasteiger partial charge on any atom is 0.255 e. The number of amides is 1. The van der Waals surface area contributed by atoms with E-state index in [0.717, 1.165) is 11.1 Å². The van der Waals surface area contributed by atoms with E-state index in [1.165, 1.54) is 12.7 Å². The molecular weight excluding hydrogens is 298 g/mol. The third-order valence-corrected chi connectivity index (χ3v) is 3.89. The summed E-state index contributed by atoms with van der Waals surface area (Å²) < 4.78 is 5.23. The molecule has 0 aliphatic heterocycles. The van der Waals surface area contributed by atoms with Crippen LogP contribution in [0.4, 0.5) is 0 Å². The zero-order valence-electron chi connectivity index (χ0n) is 13.2.